The van der Waals surface area contributed by atoms with Crippen molar-refractivity contribution in [2.45, 2.75) is 0 Å². The Kier molecular flexibility index (Phi) is 11.0. The van der Waals surface area contributed by atoms with E-state index in [1.807, 2.05) is 36.7 Å². The second kappa shape index (κ2) is 18.2. The summed E-state index contributed by atoms with van der Waals surface area (Å²) < 4.78 is 0. The van der Waals surface area contributed by atoms with Crippen LogP contribution in [0.3, 0.4) is 0 Å². The third kappa shape index (κ3) is 8.40. The molecule has 310 valence electrons. The van der Waals surface area contributed by atoms with Crippen LogP contribution in [0.15, 0.2) is 267 Å². The van der Waals surface area contributed by atoms with E-state index in [1.54, 1.807) is 0 Å². The number of hydrogen-bond donors (Lipinski definition) is 0. The SMILES string of the molecule is c1ccc(-c2ccc(-c3ccc(-c4cccc(-c5ccc(-c6ccc(-c7ccccc7)cc6)cc5-c5ccc(-c6ccccn6)cc5)c4)c(-c4ccc(-c5ccccn5)cc4)c3)cc2)cc1. The van der Waals surface area contributed by atoms with E-state index in [4.69, 9.17) is 0 Å². The second-order valence-electron chi connectivity index (χ2n) is 16.6. The molecule has 0 radical (unpaired) electrons. The molecule has 11 aromatic rings. The summed E-state index contributed by atoms with van der Waals surface area (Å²) in [5.74, 6) is 0. The summed E-state index contributed by atoms with van der Waals surface area (Å²) in [6, 6.07) is 91.5. The molecule has 0 N–H and O–H groups in total. The highest BCUT2D eigenvalue weighted by molar-refractivity contribution is 5.92. The third-order valence-electron chi connectivity index (χ3n) is 12.5. The highest BCUT2D eigenvalue weighted by Gasteiger charge is 2.16. The summed E-state index contributed by atoms with van der Waals surface area (Å²) in [4.78, 5) is 9.24. The molecule has 2 heteroatoms. The number of aromatic nitrogens is 2. The highest BCUT2D eigenvalue weighted by Crippen LogP contribution is 2.41. The van der Waals surface area contributed by atoms with Gasteiger partial charge in [-0.3, -0.25) is 9.97 Å². The van der Waals surface area contributed by atoms with Gasteiger partial charge in [-0.25, -0.2) is 0 Å². The first-order valence-electron chi connectivity index (χ1n) is 22.4. The van der Waals surface area contributed by atoms with Crippen molar-refractivity contribution in [3.05, 3.63) is 267 Å². The van der Waals surface area contributed by atoms with Gasteiger partial charge in [-0.05, 0) is 131 Å². The fourth-order valence-corrected chi connectivity index (χ4v) is 8.96. The minimum Gasteiger partial charge on any atom is -0.256 e. The van der Waals surface area contributed by atoms with Gasteiger partial charge < -0.3 is 0 Å². The molecular formula is C64H44N2. The van der Waals surface area contributed by atoms with Crippen LogP contribution in [0.2, 0.25) is 0 Å². The van der Waals surface area contributed by atoms with Crippen molar-refractivity contribution in [3.8, 4) is 112 Å². The number of nitrogens with zero attached hydrogens (tertiary/aromatic N) is 2. The van der Waals surface area contributed by atoms with Gasteiger partial charge in [-0.1, -0.05) is 212 Å². The van der Waals surface area contributed by atoms with Crippen molar-refractivity contribution >= 4 is 0 Å². The van der Waals surface area contributed by atoms with E-state index in [1.165, 1.54) is 66.8 Å². The van der Waals surface area contributed by atoms with Gasteiger partial charge in [-0.2, -0.15) is 0 Å². The summed E-state index contributed by atoms with van der Waals surface area (Å²) >= 11 is 0. The van der Waals surface area contributed by atoms with E-state index in [-0.39, 0.29) is 0 Å². The van der Waals surface area contributed by atoms with E-state index >= 15 is 0 Å². The van der Waals surface area contributed by atoms with Gasteiger partial charge in [0.05, 0.1) is 11.4 Å². The monoisotopic (exact) mass is 840 g/mol. The molecule has 0 spiro atoms. The van der Waals surface area contributed by atoms with E-state index in [0.717, 1.165) is 44.8 Å². The van der Waals surface area contributed by atoms with E-state index in [0.29, 0.717) is 0 Å². The summed E-state index contributed by atoms with van der Waals surface area (Å²) in [5.41, 5.74) is 22.9. The number of pyridine rings is 2. The topological polar surface area (TPSA) is 25.8 Å². The average Bonchev–Trinajstić information content (AvgIpc) is 3.42. The molecule has 0 bridgehead atoms. The van der Waals surface area contributed by atoms with E-state index < -0.39 is 0 Å². The lowest BCUT2D eigenvalue weighted by atomic mass is 9.87. The molecule has 0 saturated carbocycles. The maximum absolute atomic E-state index is 4.62. The molecule has 2 heterocycles. The maximum Gasteiger partial charge on any atom is 0.0701 e. The molecule has 2 aromatic heterocycles. The Hall–Kier alpha value is -8.72. The first-order valence-corrected chi connectivity index (χ1v) is 22.4. The van der Waals surface area contributed by atoms with Gasteiger partial charge in [0.2, 0.25) is 0 Å². The van der Waals surface area contributed by atoms with Gasteiger partial charge in [0.1, 0.15) is 0 Å². The van der Waals surface area contributed by atoms with Gasteiger partial charge in [0.25, 0.3) is 0 Å². The quantitative estimate of drug-likeness (QED) is 0.137. The van der Waals surface area contributed by atoms with E-state index in [2.05, 4.69) is 240 Å². The molecular weight excluding hydrogens is 797 g/mol. The summed E-state index contributed by atoms with van der Waals surface area (Å²) in [6.07, 6.45) is 3.70. The fraction of sp³-hybridized carbons (Fsp3) is 0. The molecule has 2 nitrogen and oxygen atoms in total. The van der Waals surface area contributed by atoms with Gasteiger partial charge >= 0.3 is 0 Å². The Bertz CT molecular complexity index is 3150. The zero-order chi connectivity index (χ0) is 44.1. The van der Waals surface area contributed by atoms with Crippen molar-refractivity contribution in [3.63, 3.8) is 0 Å². The smallest absolute Gasteiger partial charge is 0.0701 e. The van der Waals surface area contributed by atoms with E-state index in [9.17, 15) is 0 Å². The Labute approximate surface area is 386 Å². The molecule has 0 unspecified atom stereocenters. The molecule has 11 rings (SSSR count). The van der Waals surface area contributed by atoms with Gasteiger partial charge in [-0.15, -0.1) is 0 Å². The predicted octanol–water partition coefficient (Wildman–Crippen LogP) is 17.1. The molecule has 0 amide bonds. The lowest BCUT2D eigenvalue weighted by molar-refractivity contribution is 1.33. The zero-order valence-electron chi connectivity index (χ0n) is 36.3. The molecule has 66 heavy (non-hydrogen) atoms. The van der Waals surface area contributed by atoms with Crippen LogP contribution in [0.4, 0.5) is 0 Å². The molecule has 0 atom stereocenters. The standard InChI is InChI=1S/C64H44N2/c1-3-12-45(13-4-1)47-20-24-49(25-21-47)55-36-38-59(61(43-55)51-28-32-53(33-29-51)63-18-7-9-40-65-63)57-16-11-17-58(42-57)60-39-37-56(50-26-22-48(23-27-50)46-14-5-2-6-15-46)44-62(60)52-30-34-54(35-31-52)64-19-8-10-41-66-64/h1-44H. The fourth-order valence-electron chi connectivity index (χ4n) is 8.96. The Balaban J connectivity index is 1.00. The van der Waals surface area contributed by atoms with Crippen LogP contribution >= 0.6 is 0 Å². The number of rotatable bonds is 10. The second-order valence-corrected chi connectivity index (χ2v) is 16.6. The molecule has 9 aromatic carbocycles. The van der Waals surface area contributed by atoms with Crippen molar-refractivity contribution in [1.82, 2.24) is 9.97 Å². The summed E-state index contributed by atoms with van der Waals surface area (Å²) in [6.45, 7) is 0. The minimum absolute atomic E-state index is 0.960. The van der Waals surface area contributed by atoms with Crippen LogP contribution in [-0.4, -0.2) is 9.97 Å². The van der Waals surface area contributed by atoms with Crippen LogP contribution in [0.1, 0.15) is 0 Å². The largest absolute Gasteiger partial charge is 0.256 e. The maximum atomic E-state index is 4.62. The zero-order valence-corrected chi connectivity index (χ0v) is 36.3. The van der Waals surface area contributed by atoms with Crippen LogP contribution in [-0.2, 0) is 0 Å². The molecule has 0 aliphatic carbocycles. The normalized spacial score (nSPS) is 11.0. The van der Waals surface area contributed by atoms with Crippen LogP contribution in [0.25, 0.3) is 112 Å². The molecule has 0 fully saturated rings. The lowest BCUT2D eigenvalue weighted by Gasteiger charge is -2.17. The third-order valence-corrected chi connectivity index (χ3v) is 12.5. The Morgan fingerprint density at radius 1 is 0.167 bits per heavy atom. The Morgan fingerprint density at radius 2 is 0.470 bits per heavy atom. The first-order chi connectivity index (χ1) is 32.7. The minimum atomic E-state index is 0.960. The van der Waals surface area contributed by atoms with Crippen molar-refractivity contribution in [2.75, 3.05) is 0 Å². The summed E-state index contributed by atoms with van der Waals surface area (Å²) in [5, 5.41) is 0. The Morgan fingerprint density at radius 3 is 0.848 bits per heavy atom. The van der Waals surface area contributed by atoms with Gasteiger partial charge in [0.15, 0.2) is 0 Å². The van der Waals surface area contributed by atoms with Gasteiger partial charge in [0, 0.05) is 23.5 Å². The summed E-state index contributed by atoms with van der Waals surface area (Å²) in [7, 11) is 0. The lowest BCUT2D eigenvalue weighted by Crippen LogP contribution is -1.91. The number of hydrogen-bond acceptors (Lipinski definition) is 2. The predicted molar refractivity (Wildman–Crippen MR) is 276 cm³/mol. The number of benzene rings is 9. The van der Waals surface area contributed by atoms with Crippen LogP contribution < -0.4 is 0 Å². The first kappa shape index (κ1) is 40.1. The molecule has 0 aliphatic heterocycles. The van der Waals surface area contributed by atoms with Crippen LogP contribution in [0, 0.1) is 0 Å². The van der Waals surface area contributed by atoms with Crippen molar-refractivity contribution in [2.24, 2.45) is 0 Å². The highest BCUT2D eigenvalue weighted by atomic mass is 14.7. The van der Waals surface area contributed by atoms with Crippen molar-refractivity contribution in [1.29, 1.82) is 0 Å². The molecule has 0 aliphatic rings. The van der Waals surface area contributed by atoms with Crippen LogP contribution in [0.5, 0.6) is 0 Å². The molecule has 0 saturated heterocycles. The average molecular weight is 841 g/mol. The van der Waals surface area contributed by atoms with Crippen molar-refractivity contribution < 1.29 is 0 Å².